The number of rotatable bonds is 4. The molecule has 1 aromatic heterocycles. The van der Waals surface area contributed by atoms with Crippen molar-refractivity contribution in [1.29, 1.82) is 0 Å². The maximum absolute atomic E-state index is 11.7. The van der Waals surface area contributed by atoms with E-state index in [1.807, 2.05) is 0 Å². The van der Waals surface area contributed by atoms with Crippen LogP contribution in [0.4, 0.5) is 5.95 Å². The molecule has 0 aliphatic carbocycles. The van der Waals surface area contributed by atoms with Crippen molar-refractivity contribution < 1.29 is 4.79 Å². The van der Waals surface area contributed by atoms with Crippen molar-refractivity contribution in [2.24, 2.45) is 0 Å². The van der Waals surface area contributed by atoms with Crippen LogP contribution in [-0.2, 0) is 4.79 Å². The zero-order valence-corrected chi connectivity index (χ0v) is 12.2. The molecule has 0 aliphatic rings. The molecule has 0 atom stereocenters. The molecular formula is C11H10Cl2N4OS. The van der Waals surface area contributed by atoms with Gasteiger partial charge in [0.15, 0.2) is 0 Å². The Morgan fingerprint density at radius 2 is 2.26 bits per heavy atom. The van der Waals surface area contributed by atoms with E-state index in [0.29, 0.717) is 15.9 Å². The van der Waals surface area contributed by atoms with Gasteiger partial charge >= 0.3 is 0 Å². The summed E-state index contributed by atoms with van der Waals surface area (Å²) >= 11 is 13.2. The molecule has 0 aliphatic heterocycles. The molecule has 1 aromatic carbocycles. The number of aromatic nitrogens is 3. The molecule has 0 saturated heterocycles. The van der Waals surface area contributed by atoms with E-state index in [-0.39, 0.29) is 17.6 Å². The Bertz CT molecular complexity index is 602. The summed E-state index contributed by atoms with van der Waals surface area (Å²) in [5.41, 5.74) is 0. The summed E-state index contributed by atoms with van der Waals surface area (Å²) in [6.07, 6.45) is 0. The maximum Gasteiger partial charge on any atom is 0.248 e. The quantitative estimate of drug-likeness (QED) is 0.850. The minimum Gasteiger partial charge on any atom is -0.292 e. The fourth-order valence-electron chi connectivity index (χ4n) is 1.29. The molecule has 19 heavy (non-hydrogen) atoms. The van der Waals surface area contributed by atoms with E-state index in [9.17, 15) is 4.79 Å². The van der Waals surface area contributed by atoms with Crippen LogP contribution < -0.4 is 5.32 Å². The van der Waals surface area contributed by atoms with Gasteiger partial charge < -0.3 is 0 Å². The number of amides is 1. The molecule has 2 aromatic rings. The average Bonchev–Trinajstić information content (AvgIpc) is 2.76. The molecule has 0 unspecified atom stereocenters. The van der Waals surface area contributed by atoms with Gasteiger partial charge in [0.2, 0.25) is 11.9 Å². The molecule has 5 nitrogen and oxygen atoms in total. The van der Waals surface area contributed by atoms with Crippen LogP contribution in [0.5, 0.6) is 0 Å². The van der Waals surface area contributed by atoms with Crippen LogP contribution in [0.3, 0.4) is 0 Å². The topological polar surface area (TPSA) is 70.7 Å². The van der Waals surface area contributed by atoms with E-state index >= 15 is 0 Å². The third-order valence-corrected chi connectivity index (χ3v) is 3.83. The second-order valence-corrected chi connectivity index (χ2v) is 5.52. The second kappa shape index (κ2) is 6.27. The number of halogens is 2. The molecule has 0 spiro atoms. The zero-order valence-electron chi connectivity index (χ0n) is 9.91. The average molecular weight is 317 g/mol. The fourth-order valence-corrected chi connectivity index (χ4v) is 2.58. The first-order valence-electron chi connectivity index (χ1n) is 5.31. The number of hydrogen-bond acceptors (Lipinski definition) is 4. The van der Waals surface area contributed by atoms with Crippen LogP contribution in [0, 0.1) is 6.92 Å². The number of benzene rings is 1. The second-order valence-electron chi connectivity index (χ2n) is 3.66. The molecule has 0 bridgehead atoms. The lowest BCUT2D eigenvalue weighted by atomic mass is 10.4. The summed E-state index contributed by atoms with van der Waals surface area (Å²) in [4.78, 5) is 16.4. The van der Waals surface area contributed by atoms with E-state index in [1.165, 1.54) is 11.8 Å². The molecule has 2 rings (SSSR count). The largest absolute Gasteiger partial charge is 0.292 e. The number of nitrogens with one attached hydrogen (secondary N) is 2. The Labute approximate surface area is 124 Å². The van der Waals surface area contributed by atoms with Gasteiger partial charge in [0, 0.05) is 9.92 Å². The van der Waals surface area contributed by atoms with Gasteiger partial charge in [-0.05, 0) is 25.1 Å². The van der Waals surface area contributed by atoms with Crippen molar-refractivity contribution in [3.8, 4) is 0 Å². The Morgan fingerprint density at radius 3 is 2.95 bits per heavy atom. The molecule has 0 saturated carbocycles. The molecular weight excluding hydrogens is 307 g/mol. The first kappa shape index (κ1) is 14.2. The fraction of sp³-hybridized carbons (Fsp3) is 0.182. The first-order valence-corrected chi connectivity index (χ1v) is 7.05. The van der Waals surface area contributed by atoms with Gasteiger partial charge in [0.25, 0.3) is 0 Å². The van der Waals surface area contributed by atoms with E-state index in [1.54, 1.807) is 25.1 Å². The monoisotopic (exact) mass is 316 g/mol. The summed E-state index contributed by atoms with van der Waals surface area (Å²) in [6, 6.07) is 5.12. The van der Waals surface area contributed by atoms with Crippen LogP contribution in [0.1, 0.15) is 5.82 Å². The SMILES string of the molecule is Cc1nc(NC(=O)CSc2cc(Cl)ccc2Cl)n[nH]1. The molecule has 1 amide bonds. The number of aromatic amines is 1. The minimum atomic E-state index is -0.208. The molecule has 100 valence electrons. The Balaban J connectivity index is 1.91. The zero-order chi connectivity index (χ0) is 13.8. The van der Waals surface area contributed by atoms with Crippen LogP contribution in [-0.4, -0.2) is 26.8 Å². The summed E-state index contributed by atoms with van der Waals surface area (Å²) < 4.78 is 0. The van der Waals surface area contributed by atoms with Crippen molar-refractivity contribution in [3.63, 3.8) is 0 Å². The summed E-state index contributed by atoms with van der Waals surface area (Å²) in [5, 5.41) is 10.2. The normalized spacial score (nSPS) is 10.5. The number of nitrogens with zero attached hydrogens (tertiary/aromatic N) is 2. The van der Waals surface area contributed by atoms with Crippen LogP contribution >= 0.6 is 35.0 Å². The highest BCUT2D eigenvalue weighted by atomic mass is 35.5. The highest BCUT2D eigenvalue weighted by Crippen LogP contribution is 2.29. The molecule has 1 heterocycles. The van der Waals surface area contributed by atoms with Crippen LogP contribution in [0.15, 0.2) is 23.1 Å². The van der Waals surface area contributed by atoms with Gasteiger partial charge in [-0.25, -0.2) is 0 Å². The first-order chi connectivity index (χ1) is 9.04. The number of thioether (sulfide) groups is 1. The molecule has 0 radical (unpaired) electrons. The van der Waals surface area contributed by atoms with E-state index in [0.717, 1.165) is 4.90 Å². The Kier molecular flexibility index (Phi) is 4.68. The Morgan fingerprint density at radius 1 is 1.47 bits per heavy atom. The number of carbonyl (C=O) groups excluding carboxylic acids is 1. The summed E-state index contributed by atoms with van der Waals surface area (Å²) in [5.74, 6) is 0.898. The number of anilines is 1. The summed E-state index contributed by atoms with van der Waals surface area (Å²) in [7, 11) is 0. The lowest BCUT2D eigenvalue weighted by molar-refractivity contribution is -0.113. The van der Waals surface area contributed by atoms with Gasteiger partial charge in [-0.3, -0.25) is 15.2 Å². The predicted molar refractivity (Wildman–Crippen MR) is 76.9 cm³/mol. The van der Waals surface area contributed by atoms with Crippen LogP contribution in [0.25, 0.3) is 0 Å². The van der Waals surface area contributed by atoms with Crippen molar-refractivity contribution in [2.75, 3.05) is 11.1 Å². The van der Waals surface area contributed by atoms with Crippen LogP contribution in [0.2, 0.25) is 10.0 Å². The van der Waals surface area contributed by atoms with Gasteiger partial charge in [-0.15, -0.1) is 16.9 Å². The van der Waals surface area contributed by atoms with Crippen molar-refractivity contribution in [3.05, 3.63) is 34.1 Å². The minimum absolute atomic E-state index is 0.202. The number of H-pyrrole nitrogens is 1. The molecule has 8 heteroatoms. The predicted octanol–water partition coefficient (Wildman–Crippen LogP) is 3.15. The maximum atomic E-state index is 11.7. The van der Waals surface area contributed by atoms with Gasteiger partial charge in [-0.1, -0.05) is 23.2 Å². The van der Waals surface area contributed by atoms with Gasteiger partial charge in [-0.2, -0.15) is 4.98 Å². The molecule has 2 N–H and O–H groups in total. The number of aryl methyl sites for hydroxylation is 1. The third kappa shape index (κ3) is 4.12. The standard InChI is InChI=1S/C11H10Cl2N4OS/c1-6-14-11(17-16-6)15-10(18)5-19-9-4-7(12)2-3-8(9)13/h2-4H,5H2,1H3,(H2,14,15,16,17,18). The van der Waals surface area contributed by atoms with Gasteiger partial charge in [0.05, 0.1) is 10.8 Å². The molecule has 0 fully saturated rings. The van der Waals surface area contributed by atoms with Gasteiger partial charge in [0.1, 0.15) is 5.82 Å². The van der Waals surface area contributed by atoms with E-state index in [4.69, 9.17) is 23.2 Å². The number of carbonyl (C=O) groups is 1. The number of hydrogen-bond donors (Lipinski definition) is 2. The lowest BCUT2D eigenvalue weighted by Crippen LogP contribution is -2.15. The highest BCUT2D eigenvalue weighted by molar-refractivity contribution is 8.00. The summed E-state index contributed by atoms with van der Waals surface area (Å²) in [6.45, 7) is 1.75. The van der Waals surface area contributed by atoms with Crippen molar-refractivity contribution >= 4 is 46.8 Å². The lowest BCUT2D eigenvalue weighted by Gasteiger charge is -2.04. The van der Waals surface area contributed by atoms with E-state index < -0.39 is 0 Å². The van der Waals surface area contributed by atoms with E-state index in [2.05, 4.69) is 20.5 Å². The smallest absolute Gasteiger partial charge is 0.248 e. The van der Waals surface area contributed by atoms with Crippen molar-refractivity contribution in [2.45, 2.75) is 11.8 Å². The third-order valence-electron chi connectivity index (χ3n) is 2.10. The Hall–Kier alpha value is -1.24. The highest BCUT2D eigenvalue weighted by Gasteiger charge is 2.09. The van der Waals surface area contributed by atoms with Crippen molar-refractivity contribution in [1.82, 2.24) is 15.2 Å².